The van der Waals surface area contributed by atoms with Gasteiger partial charge in [-0.3, -0.25) is 0 Å². The third kappa shape index (κ3) is 2.20. The first-order valence-electron chi connectivity index (χ1n) is 6.73. The van der Waals surface area contributed by atoms with Crippen molar-refractivity contribution in [2.45, 2.75) is 0 Å². The van der Waals surface area contributed by atoms with Gasteiger partial charge in [0.05, 0.1) is 16.7 Å². The molecule has 0 amide bonds. The molecule has 0 aliphatic rings. The molecule has 0 bridgehead atoms. The summed E-state index contributed by atoms with van der Waals surface area (Å²) in [4.78, 5) is 9.46. The second-order valence-electron chi connectivity index (χ2n) is 4.90. The molecule has 4 aromatic rings. The van der Waals surface area contributed by atoms with Crippen LogP contribution in [0.25, 0.3) is 33.2 Å². The summed E-state index contributed by atoms with van der Waals surface area (Å²) >= 11 is 3.62. The molecule has 2 aromatic carbocycles. The molecule has 0 aliphatic heterocycles. The van der Waals surface area contributed by atoms with Gasteiger partial charge in [0, 0.05) is 15.2 Å². The quantitative estimate of drug-likeness (QED) is 0.477. The topological polar surface area (TPSA) is 25.8 Å². The van der Waals surface area contributed by atoms with E-state index in [-0.39, 0.29) is 0 Å². The number of rotatable bonds is 1. The number of benzene rings is 2. The maximum Gasteiger partial charge on any atom is 0.104 e. The smallest absolute Gasteiger partial charge is 0.104 e. The van der Waals surface area contributed by atoms with E-state index in [1.807, 2.05) is 42.5 Å². The second kappa shape index (κ2) is 4.93. The van der Waals surface area contributed by atoms with E-state index in [4.69, 9.17) is 9.97 Å². The average Bonchev–Trinajstić information content (AvgIpc) is 2.54. The summed E-state index contributed by atoms with van der Waals surface area (Å²) in [6.07, 6.45) is 0. The van der Waals surface area contributed by atoms with Gasteiger partial charge >= 0.3 is 0 Å². The number of fused-ring (bicyclic) bond motifs is 2. The molecule has 0 saturated carbocycles. The Labute approximate surface area is 130 Å². The summed E-state index contributed by atoms with van der Waals surface area (Å²) in [6.45, 7) is 0. The van der Waals surface area contributed by atoms with Gasteiger partial charge in [-0.15, -0.1) is 0 Å². The molecule has 0 spiro atoms. The first-order valence-corrected chi connectivity index (χ1v) is 7.52. The molecule has 2 nitrogen and oxygen atoms in total. The van der Waals surface area contributed by atoms with Crippen LogP contribution in [0.5, 0.6) is 0 Å². The lowest BCUT2D eigenvalue weighted by Crippen LogP contribution is -1.91. The predicted molar refractivity (Wildman–Crippen MR) is 90.2 cm³/mol. The molecule has 100 valence electrons. The zero-order chi connectivity index (χ0) is 14.2. The number of hydrogen-bond acceptors (Lipinski definition) is 2. The lowest BCUT2D eigenvalue weighted by molar-refractivity contribution is 1.30. The fourth-order valence-corrected chi connectivity index (χ4v) is 3.01. The largest absolute Gasteiger partial charge is 0.246 e. The van der Waals surface area contributed by atoms with E-state index >= 15 is 0 Å². The normalized spacial score (nSPS) is 11.1. The van der Waals surface area contributed by atoms with Crippen molar-refractivity contribution in [3.63, 3.8) is 0 Å². The minimum absolute atomic E-state index is 0.874. The predicted octanol–water partition coefficient (Wildman–Crippen LogP) is 5.21. The van der Waals surface area contributed by atoms with Gasteiger partial charge in [0.25, 0.3) is 0 Å². The molecule has 0 N–H and O–H groups in total. The van der Waals surface area contributed by atoms with E-state index in [2.05, 4.69) is 40.2 Å². The first-order chi connectivity index (χ1) is 10.3. The molecule has 3 heteroatoms. The van der Waals surface area contributed by atoms with Crippen molar-refractivity contribution in [3.8, 4) is 11.4 Å². The molecular formula is C18H11BrN2. The maximum atomic E-state index is 4.74. The third-order valence-electron chi connectivity index (χ3n) is 3.52. The highest BCUT2D eigenvalue weighted by Gasteiger charge is 2.09. The molecule has 0 saturated heterocycles. The van der Waals surface area contributed by atoms with Crippen molar-refractivity contribution in [2.24, 2.45) is 0 Å². The van der Waals surface area contributed by atoms with Crippen LogP contribution in [-0.4, -0.2) is 9.97 Å². The van der Waals surface area contributed by atoms with Crippen molar-refractivity contribution in [2.75, 3.05) is 0 Å². The lowest BCUT2D eigenvalue weighted by Gasteiger charge is -2.07. The molecule has 2 aromatic heterocycles. The Balaban J connectivity index is 1.96. The summed E-state index contributed by atoms with van der Waals surface area (Å²) < 4.78 is 0.962. The van der Waals surface area contributed by atoms with Crippen molar-refractivity contribution < 1.29 is 0 Å². The van der Waals surface area contributed by atoms with Crippen molar-refractivity contribution in [3.05, 3.63) is 71.2 Å². The van der Waals surface area contributed by atoms with Gasteiger partial charge in [0.2, 0.25) is 0 Å². The van der Waals surface area contributed by atoms with Crippen molar-refractivity contribution in [1.29, 1.82) is 0 Å². The van der Waals surface area contributed by atoms with Crippen LogP contribution in [0.3, 0.4) is 0 Å². The molecular weight excluding hydrogens is 324 g/mol. The van der Waals surface area contributed by atoms with Crippen molar-refractivity contribution in [1.82, 2.24) is 9.97 Å². The fourth-order valence-electron chi connectivity index (χ4n) is 2.47. The Morgan fingerprint density at radius 2 is 1.33 bits per heavy atom. The van der Waals surface area contributed by atoms with Crippen LogP contribution in [0.2, 0.25) is 0 Å². The Bertz CT molecular complexity index is 963. The summed E-state index contributed by atoms with van der Waals surface area (Å²) in [7, 11) is 0. The van der Waals surface area contributed by atoms with E-state index in [1.54, 1.807) is 0 Å². The monoisotopic (exact) mass is 334 g/mol. The Kier molecular flexibility index (Phi) is 2.93. The fraction of sp³-hybridized carbons (Fsp3) is 0. The first kappa shape index (κ1) is 12.5. The van der Waals surface area contributed by atoms with Gasteiger partial charge in [0.15, 0.2) is 0 Å². The Morgan fingerprint density at radius 1 is 0.667 bits per heavy atom. The van der Waals surface area contributed by atoms with Gasteiger partial charge in [0.1, 0.15) is 5.69 Å². The highest BCUT2D eigenvalue weighted by atomic mass is 79.9. The van der Waals surface area contributed by atoms with Gasteiger partial charge in [-0.25, -0.2) is 9.97 Å². The number of nitrogens with zero attached hydrogens (tertiary/aromatic N) is 2. The van der Waals surface area contributed by atoms with Crippen molar-refractivity contribution >= 4 is 37.7 Å². The molecule has 21 heavy (non-hydrogen) atoms. The molecule has 0 aliphatic carbocycles. The third-order valence-corrected chi connectivity index (χ3v) is 4.12. The minimum Gasteiger partial charge on any atom is -0.246 e. The molecule has 0 unspecified atom stereocenters. The van der Waals surface area contributed by atoms with E-state index in [1.165, 1.54) is 0 Å². The molecule has 0 radical (unpaired) electrons. The van der Waals surface area contributed by atoms with Crippen LogP contribution in [0.15, 0.2) is 71.2 Å². The molecule has 2 heterocycles. The highest BCUT2D eigenvalue weighted by molar-refractivity contribution is 9.10. The molecule has 4 rings (SSSR count). The number of aromatic nitrogens is 2. The lowest BCUT2D eigenvalue weighted by atomic mass is 10.1. The van der Waals surface area contributed by atoms with E-state index in [0.717, 1.165) is 37.7 Å². The SMILES string of the molecule is Brc1cc2ccccc2nc1-c1ccc2ccccc2n1. The summed E-state index contributed by atoms with van der Waals surface area (Å²) in [5, 5.41) is 2.26. The zero-order valence-electron chi connectivity index (χ0n) is 11.1. The summed E-state index contributed by atoms with van der Waals surface area (Å²) in [5.74, 6) is 0. The minimum atomic E-state index is 0.874. The Morgan fingerprint density at radius 3 is 2.14 bits per heavy atom. The Hall–Kier alpha value is -2.26. The van der Waals surface area contributed by atoms with E-state index in [9.17, 15) is 0 Å². The van der Waals surface area contributed by atoms with Gasteiger partial charge in [-0.1, -0.05) is 42.5 Å². The van der Waals surface area contributed by atoms with E-state index < -0.39 is 0 Å². The zero-order valence-corrected chi connectivity index (χ0v) is 12.7. The number of halogens is 1. The van der Waals surface area contributed by atoms with Gasteiger partial charge in [-0.2, -0.15) is 0 Å². The van der Waals surface area contributed by atoms with Gasteiger partial charge in [-0.05, 0) is 40.2 Å². The second-order valence-corrected chi connectivity index (χ2v) is 5.76. The maximum absolute atomic E-state index is 4.74. The summed E-state index contributed by atoms with van der Waals surface area (Å²) in [5.41, 5.74) is 3.72. The van der Waals surface area contributed by atoms with Crippen LogP contribution >= 0.6 is 15.9 Å². The number of hydrogen-bond donors (Lipinski definition) is 0. The van der Waals surface area contributed by atoms with Crippen LogP contribution in [0, 0.1) is 0 Å². The summed E-state index contributed by atoms with van der Waals surface area (Å²) in [6, 6.07) is 22.4. The number of pyridine rings is 2. The average molecular weight is 335 g/mol. The van der Waals surface area contributed by atoms with Crippen LogP contribution in [-0.2, 0) is 0 Å². The van der Waals surface area contributed by atoms with Crippen LogP contribution < -0.4 is 0 Å². The van der Waals surface area contributed by atoms with E-state index in [0.29, 0.717) is 0 Å². The van der Waals surface area contributed by atoms with Crippen LogP contribution in [0.1, 0.15) is 0 Å². The molecule has 0 fully saturated rings. The molecule has 0 atom stereocenters. The number of para-hydroxylation sites is 2. The van der Waals surface area contributed by atoms with Gasteiger partial charge < -0.3 is 0 Å². The highest BCUT2D eigenvalue weighted by Crippen LogP contribution is 2.29. The van der Waals surface area contributed by atoms with Crippen LogP contribution in [0.4, 0.5) is 0 Å². The standard InChI is InChI=1S/C18H11BrN2/c19-14-11-13-6-2-4-8-16(13)21-18(14)17-10-9-12-5-1-3-7-15(12)20-17/h1-11H.